The van der Waals surface area contributed by atoms with Gasteiger partial charge in [-0.2, -0.15) is 0 Å². The highest BCUT2D eigenvalue weighted by atomic mass is 32.1. The molecule has 1 aromatic heterocycles. The Morgan fingerprint density at radius 2 is 2.30 bits per heavy atom. The molecule has 2 N–H and O–H groups in total. The van der Waals surface area contributed by atoms with Crippen LogP contribution in [-0.4, -0.2) is 30.6 Å². The minimum Gasteiger partial charge on any atom is -0.382 e. The van der Waals surface area contributed by atoms with Crippen molar-refractivity contribution in [3.05, 3.63) is 29.1 Å². The van der Waals surface area contributed by atoms with Crippen LogP contribution in [0, 0.1) is 0 Å². The van der Waals surface area contributed by atoms with Crippen LogP contribution in [0.1, 0.15) is 25.3 Å². The second kappa shape index (κ2) is 7.57. The molecule has 6 heteroatoms. The zero-order valence-corrected chi connectivity index (χ0v) is 14.0. The average molecular weight is 331 g/mol. The van der Waals surface area contributed by atoms with Gasteiger partial charge in [0.05, 0.1) is 5.69 Å². The molecule has 23 heavy (non-hydrogen) atoms. The third kappa shape index (κ3) is 4.09. The highest BCUT2D eigenvalue weighted by Gasteiger charge is 2.15. The summed E-state index contributed by atoms with van der Waals surface area (Å²) >= 11 is 1.61. The normalized spacial score (nSPS) is 13.5. The van der Waals surface area contributed by atoms with Crippen LogP contribution in [-0.2, 0) is 16.0 Å². The Bertz CT molecular complexity index is 684. The molecule has 0 saturated heterocycles. The number of carbonyl (C=O) groups excluding carboxylic acids is 1. The van der Waals surface area contributed by atoms with Crippen LogP contribution in [0.15, 0.2) is 23.6 Å². The number of ether oxygens (including phenoxy) is 1. The van der Waals surface area contributed by atoms with Crippen molar-refractivity contribution in [1.29, 1.82) is 0 Å². The van der Waals surface area contributed by atoms with Gasteiger partial charge < -0.3 is 15.4 Å². The number of benzene rings is 1. The van der Waals surface area contributed by atoms with E-state index in [0.717, 1.165) is 54.7 Å². The van der Waals surface area contributed by atoms with E-state index in [4.69, 9.17) is 4.74 Å². The summed E-state index contributed by atoms with van der Waals surface area (Å²) in [6.07, 6.45) is 2.32. The predicted molar refractivity (Wildman–Crippen MR) is 94.1 cm³/mol. The van der Waals surface area contributed by atoms with Gasteiger partial charge in [0.15, 0.2) is 5.13 Å². The molecule has 0 aliphatic carbocycles. The Labute approximate surface area is 140 Å². The Morgan fingerprint density at radius 3 is 3.17 bits per heavy atom. The molecule has 0 bridgehead atoms. The number of hydrogen-bond donors (Lipinski definition) is 2. The third-order valence-corrected chi connectivity index (χ3v) is 4.55. The van der Waals surface area contributed by atoms with Crippen LogP contribution in [0.4, 0.5) is 10.8 Å². The van der Waals surface area contributed by atoms with Crippen LogP contribution in [0.25, 0.3) is 11.3 Å². The van der Waals surface area contributed by atoms with Crippen LogP contribution in [0.3, 0.4) is 0 Å². The molecule has 0 saturated carbocycles. The lowest BCUT2D eigenvalue weighted by Crippen LogP contribution is -2.18. The molecule has 0 atom stereocenters. The maximum absolute atomic E-state index is 11.4. The van der Waals surface area contributed by atoms with E-state index in [0.29, 0.717) is 6.42 Å². The molecule has 0 radical (unpaired) electrons. The summed E-state index contributed by atoms with van der Waals surface area (Å²) in [5, 5.41) is 9.24. The molecule has 5 nitrogen and oxygen atoms in total. The Balaban J connectivity index is 1.63. The van der Waals surface area contributed by atoms with Gasteiger partial charge in [-0.15, -0.1) is 11.3 Å². The number of thiazole rings is 1. The van der Waals surface area contributed by atoms with E-state index in [2.05, 4.69) is 27.1 Å². The zero-order valence-electron chi connectivity index (χ0n) is 13.2. The van der Waals surface area contributed by atoms with E-state index in [1.165, 1.54) is 5.56 Å². The minimum absolute atomic E-state index is 0.0949. The molecular weight excluding hydrogens is 310 g/mol. The lowest BCUT2D eigenvalue weighted by Gasteiger charge is -2.17. The second-order valence-electron chi connectivity index (χ2n) is 5.44. The summed E-state index contributed by atoms with van der Waals surface area (Å²) < 4.78 is 5.32. The van der Waals surface area contributed by atoms with E-state index in [1.54, 1.807) is 11.3 Å². The van der Waals surface area contributed by atoms with Crippen molar-refractivity contribution in [2.24, 2.45) is 0 Å². The van der Waals surface area contributed by atoms with Gasteiger partial charge in [-0.05, 0) is 37.5 Å². The highest BCUT2D eigenvalue weighted by molar-refractivity contribution is 7.14. The van der Waals surface area contributed by atoms with Crippen molar-refractivity contribution in [1.82, 2.24) is 4.98 Å². The van der Waals surface area contributed by atoms with Gasteiger partial charge in [0.25, 0.3) is 0 Å². The summed E-state index contributed by atoms with van der Waals surface area (Å²) in [7, 11) is 0. The van der Waals surface area contributed by atoms with E-state index in [9.17, 15) is 4.79 Å². The number of anilines is 2. The fourth-order valence-corrected chi connectivity index (χ4v) is 3.29. The van der Waals surface area contributed by atoms with E-state index in [1.807, 2.05) is 19.1 Å². The third-order valence-electron chi connectivity index (χ3n) is 3.75. The quantitative estimate of drug-likeness (QED) is 0.762. The molecule has 0 spiro atoms. The number of nitrogens with one attached hydrogen (secondary N) is 2. The predicted octanol–water partition coefficient (Wildman–Crippen LogP) is 3.53. The molecule has 1 aromatic carbocycles. The lowest BCUT2D eigenvalue weighted by atomic mass is 9.99. The number of hydrogen-bond acceptors (Lipinski definition) is 5. The number of carbonyl (C=O) groups is 1. The van der Waals surface area contributed by atoms with Gasteiger partial charge >= 0.3 is 0 Å². The Hall–Kier alpha value is -1.92. The molecule has 0 unspecified atom stereocenters. The van der Waals surface area contributed by atoms with Crippen LogP contribution in [0.2, 0.25) is 0 Å². The van der Waals surface area contributed by atoms with Gasteiger partial charge in [0, 0.05) is 42.8 Å². The molecule has 1 amide bonds. The maximum Gasteiger partial charge on any atom is 0.224 e. The van der Waals surface area contributed by atoms with Crippen molar-refractivity contribution in [2.75, 3.05) is 30.4 Å². The molecule has 2 aromatic rings. The fraction of sp³-hybridized carbons (Fsp3) is 0.412. The van der Waals surface area contributed by atoms with Crippen LogP contribution in [0.5, 0.6) is 0 Å². The minimum atomic E-state index is 0.0949. The first-order chi connectivity index (χ1) is 11.3. The van der Waals surface area contributed by atoms with Gasteiger partial charge in [-0.1, -0.05) is 6.07 Å². The molecule has 2 heterocycles. The first kappa shape index (κ1) is 16.0. The summed E-state index contributed by atoms with van der Waals surface area (Å²) in [6.45, 7) is 4.41. The molecule has 1 aliphatic heterocycles. The fourth-order valence-electron chi connectivity index (χ4n) is 2.54. The van der Waals surface area contributed by atoms with Gasteiger partial charge in [0.2, 0.25) is 5.91 Å². The van der Waals surface area contributed by atoms with Gasteiger partial charge in [-0.3, -0.25) is 4.79 Å². The number of rotatable bonds is 7. The molecule has 1 aliphatic rings. The van der Waals surface area contributed by atoms with Crippen LogP contribution >= 0.6 is 11.3 Å². The number of amides is 1. The van der Waals surface area contributed by atoms with Gasteiger partial charge in [-0.25, -0.2) is 4.98 Å². The van der Waals surface area contributed by atoms with Crippen molar-refractivity contribution in [3.8, 4) is 11.3 Å². The topological polar surface area (TPSA) is 63.2 Å². The number of fused-ring (bicyclic) bond motifs is 1. The maximum atomic E-state index is 11.4. The zero-order chi connectivity index (χ0) is 16.1. The van der Waals surface area contributed by atoms with Gasteiger partial charge in [0.1, 0.15) is 0 Å². The highest BCUT2D eigenvalue weighted by Crippen LogP contribution is 2.30. The molecule has 122 valence electrons. The van der Waals surface area contributed by atoms with Crippen LogP contribution < -0.4 is 10.6 Å². The Morgan fingerprint density at radius 1 is 1.39 bits per heavy atom. The van der Waals surface area contributed by atoms with Crippen molar-refractivity contribution < 1.29 is 9.53 Å². The molecule has 3 rings (SSSR count). The Kier molecular flexibility index (Phi) is 5.25. The van der Waals surface area contributed by atoms with Crippen molar-refractivity contribution >= 4 is 28.1 Å². The summed E-state index contributed by atoms with van der Waals surface area (Å²) in [5.74, 6) is 0.0949. The second-order valence-corrected chi connectivity index (χ2v) is 6.29. The number of nitrogens with zero attached hydrogens (tertiary/aromatic N) is 1. The monoisotopic (exact) mass is 331 g/mol. The van der Waals surface area contributed by atoms with Crippen molar-refractivity contribution in [2.45, 2.75) is 26.2 Å². The SMILES string of the molecule is CCOCCCNc1nc(-c2ccc3c(c2)CCC(=O)N3)cs1. The van der Waals surface area contributed by atoms with E-state index >= 15 is 0 Å². The summed E-state index contributed by atoms with van der Waals surface area (Å²) in [5.41, 5.74) is 4.18. The summed E-state index contributed by atoms with van der Waals surface area (Å²) in [4.78, 5) is 16.1. The first-order valence-corrected chi connectivity index (χ1v) is 8.84. The number of aromatic nitrogens is 1. The molecule has 0 fully saturated rings. The number of aryl methyl sites for hydroxylation is 1. The standard InChI is InChI=1S/C17H21N3O2S/c1-2-22-9-3-8-18-17-20-15(11-23-17)13-4-6-14-12(10-13)5-7-16(21)19-14/h4,6,10-11H,2-3,5,7-9H2,1H3,(H,18,20)(H,19,21). The smallest absolute Gasteiger partial charge is 0.224 e. The lowest BCUT2D eigenvalue weighted by molar-refractivity contribution is -0.116. The van der Waals surface area contributed by atoms with E-state index < -0.39 is 0 Å². The van der Waals surface area contributed by atoms with E-state index in [-0.39, 0.29) is 5.91 Å². The average Bonchev–Trinajstić information content (AvgIpc) is 3.03. The summed E-state index contributed by atoms with van der Waals surface area (Å²) in [6, 6.07) is 6.11. The van der Waals surface area contributed by atoms with Crippen molar-refractivity contribution in [3.63, 3.8) is 0 Å². The largest absolute Gasteiger partial charge is 0.382 e. The first-order valence-electron chi connectivity index (χ1n) is 7.96. The molecular formula is C17H21N3O2S.